The van der Waals surface area contributed by atoms with Crippen LogP contribution in [0, 0.1) is 0 Å². The van der Waals surface area contributed by atoms with E-state index in [9.17, 15) is 0 Å². The van der Waals surface area contributed by atoms with Crippen LogP contribution < -0.4 is 10.1 Å². The molecular weight excluding hydrogens is 268 g/mol. The van der Waals surface area contributed by atoms with E-state index >= 15 is 0 Å². The van der Waals surface area contributed by atoms with Gasteiger partial charge in [-0.3, -0.25) is 0 Å². The number of halogens is 1. The molecule has 16 heavy (non-hydrogen) atoms. The zero-order valence-electron chi connectivity index (χ0n) is 9.25. The fraction of sp³-hybridized carbons (Fsp3) is 0.250. The van der Waals surface area contributed by atoms with Crippen LogP contribution in [0.25, 0.3) is 10.8 Å². The Morgan fingerprint density at radius 1 is 1.31 bits per heavy atom. The summed E-state index contributed by atoms with van der Waals surface area (Å²) >= 11 is 3.55. The molecule has 0 aliphatic carbocycles. The van der Waals surface area contributed by atoms with Gasteiger partial charge in [0, 0.05) is 23.5 Å². The predicted molar refractivity (Wildman–Crippen MR) is 70.2 cm³/mol. The van der Waals surface area contributed by atoms with Crippen molar-refractivity contribution in [2.75, 3.05) is 19.0 Å². The Morgan fingerprint density at radius 2 is 2.12 bits per heavy atom. The summed E-state index contributed by atoms with van der Waals surface area (Å²) in [6, 6.07) is 5.93. The highest BCUT2D eigenvalue weighted by molar-refractivity contribution is 9.10. The van der Waals surface area contributed by atoms with Gasteiger partial charge in [0.15, 0.2) is 0 Å². The largest absolute Gasteiger partial charge is 0.496 e. The topological polar surface area (TPSA) is 34.2 Å². The van der Waals surface area contributed by atoms with Crippen LogP contribution in [0.15, 0.2) is 28.9 Å². The molecule has 0 saturated carbocycles. The second-order valence-corrected chi connectivity index (χ2v) is 4.16. The van der Waals surface area contributed by atoms with Crippen LogP contribution in [0.5, 0.6) is 5.75 Å². The minimum Gasteiger partial charge on any atom is -0.496 e. The lowest BCUT2D eigenvalue weighted by Gasteiger charge is -2.10. The summed E-state index contributed by atoms with van der Waals surface area (Å²) in [6.45, 7) is 2.91. The van der Waals surface area contributed by atoms with E-state index < -0.39 is 0 Å². The maximum atomic E-state index is 5.27. The molecule has 2 rings (SSSR count). The summed E-state index contributed by atoms with van der Waals surface area (Å²) < 4.78 is 6.23. The molecule has 1 aromatic carbocycles. The molecule has 0 aliphatic rings. The Labute approximate surface area is 103 Å². The standard InChI is InChI=1S/C12H13BrN2O/c1-3-14-12-9-4-5-10(16-2)11(13)8(9)6-7-15-12/h4-7H,3H2,1-2H3,(H,14,15). The molecule has 0 bridgehead atoms. The Bertz CT molecular complexity index is 514. The number of nitrogens with zero attached hydrogens (tertiary/aromatic N) is 1. The first kappa shape index (κ1) is 11.2. The van der Waals surface area contributed by atoms with Crippen LogP contribution in [0.4, 0.5) is 5.82 Å². The van der Waals surface area contributed by atoms with Gasteiger partial charge in [0.25, 0.3) is 0 Å². The fourth-order valence-corrected chi connectivity index (χ4v) is 2.30. The predicted octanol–water partition coefficient (Wildman–Crippen LogP) is 3.44. The van der Waals surface area contributed by atoms with Gasteiger partial charge in [0.2, 0.25) is 0 Å². The van der Waals surface area contributed by atoms with E-state index in [1.165, 1.54) is 0 Å². The van der Waals surface area contributed by atoms with Gasteiger partial charge in [-0.2, -0.15) is 0 Å². The van der Waals surface area contributed by atoms with Crippen molar-refractivity contribution in [3.8, 4) is 5.75 Å². The average Bonchev–Trinajstić information content (AvgIpc) is 2.31. The van der Waals surface area contributed by atoms with Crippen molar-refractivity contribution < 1.29 is 4.74 Å². The maximum absolute atomic E-state index is 5.27. The van der Waals surface area contributed by atoms with Crippen LogP contribution in [-0.2, 0) is 0 Å². The van der Waals surface area contributed by atoms with Crippen molar-refractivity contribution in [3.63, 3.8) is 0 Å². The normalized spacial score (nSPS) is 10.4. The highest BCUT2D eigenvalue weighted by atomic mass is 79.9. The number of benzene rings is 1. The van der Waals surface area contributed by atoms with Crippen LogP contribution in [0.2, 0.25) is 0 Å². The van der Waals surface area contributed by atoms with Gasteiger partial charge in [-0.15, -0.1) is 0 Å². The number of methoxy groups -OCH3 is 1. The van der Waals surface area contributed by atoms with Crippen LogP contribution in [0.3, 0.4) is 0 Å². The van der Waals surface area contributed by atoms with E-state index in [-0.39, 0.29) is 0 Å². The summed E-state index contributed by atoms with van der Waals surface area (Å²) in [5, 5.41) is 5.44. The first-order valence-corrected chi connectivity index (χ1v) is 5.92. The van der Waals surface area contributed by atoms with Crippen LogP contribution in [-0.4, -0.2) is 18.6 Å². The van der Waals surface area contributed by atoms with E-state index in [1.807, 2.05) is 18.2 Å². The van der Waals surface area contributed by atoms with E-state index in [2.05, 4.69) is 33.2 Å². The number of fused-ring (bicyclic) bond motifs is 1. The van der Waals surface area contributed by atoms with E-state index in [0.29, 0.717) is 0 Å². The summed E-state index contributed by atoms with van der Waals surface area (Å²) in [7, 11) is 1.67. The molecule has 2 aromatic rings. The number of hydrogen-bond acceptors (Lipinski definition) is 3. The lowest BCUT2D eigenvalue weighted by molar-refractivity contribution is 0.413. The van der Waals surface area contributed by atoms with Gasteiger partial charge in [-0.05, 0) is 41.1 Å². The molecule has 4 heteroatoms. The van der Waals surface area contributed by atoms with Crippen molar-refractivity contribution in [2.45, 2.75) is 6.92 Å². The van der Waals surface area contributed by atoms with Gasteiger partial charge in [-0.25, -0.2) is 4.98 Å². The quantitative estimate of drug-likeness (QED) is 0.935. The second kappa shape index (κ2) is 4.70. The minimum atomic E-state index is 0.834. The minimum absolute atomic E-state index is 0.834. The first-order valence-electron chi connectivity index (χ1n) is 5.13. The number of rotatable bonds is 3. The Hall–Kier alpha value is -1.29. The summed E-state index contributed by atoms with van der Waals surface area (Å²) in [6.07, 6.45) is 1.80. The molecule has 84 valence electrons. The maximum Gasteiger partial charge on any atom is 0.133 e. The molecule has 0 atom stereocenters. The third kappa shape index (κ3) is 1.85. The molecule has 0 unspecified atom stereocenters. The third-order valence-corrected chi connectivity index (χ3v) is 3.23. The van der Waals surface area contributed by atoms with Crippen molar-refractivity contribution in [1.29, 1.82) is 0 Å². The van der Waals surface area contributed by atoms with Crippen molar-refractivity contribution in [3.05, 3.63) is 28.9 Å². The molecule has 1 heterocycles. The number of ether oxygens (including phenoxy) is 1. The fourth-order valence-electron chi connectivity index (χ4n) is 1.66. The Morgan fingerprint density at radius 3 is 2.81 bits per heavy atom. The SMILES string of the molecule is CCNc1nccc2c(Br)c(OC)ccc12. The molecular formula is C12H13BrN2O. The summed E-state index contributed by atoms with van der Waals surface area (Å²) in [5.74, 6) is 1.74. The molecule has 0 spiro atoms. The molecule has 0 saturated heterocycles. The smallest absolute Gasteiger partial charge is 0.133 e. The molecule has 0 amide bonds. The Balaban J connectivity index is 2.67. The van der Waals surface area contributed by atoms with Gasteiger partial charge in [-0.1, -0.05) is 0 Å². The number of nitrogens with one attached hydrogen (secondary N) is 1. The zero-order chi connectivity index (χ0) is 11.5. The van der Waals surface area contributed by atoms with E-state index in [0.717, 1.165) is 33.4 Å². The average molecular weight is 281 g/mol. The van der Waals surface area contributed by atoms with E-state index in [4.69, 9.17) is 4.74 Å². The molecule has 3 nitrogen and oxygen atoms in total. The molecule has 0 fully saturated rings. The van der Waals surface area contributed by atoms with Crippen LogP contribution in [0.1, 0.15) is 6.92 Å². The van der Waals surface area contributed by atoms with Crippen LogP contribution >= 0.6 is 15.9 Å². The number of hydrogen-bond donors (Lipinski definition) is 1. The number of aromatic nitrogens is 1. The lowest BCUT2D eigenvalue weighted by Crippen LogP contribution is -1.99. The lowest BCUT2D eigenvalue weighted by atomic mass is 10.1. The summed E-state index contributed by atoms with van der Waals surface area (Å²) in [5.41, 5.74) is 0. The molecule has 0 radical (unpaired) electrons. The number of anilines is 1. The summed E-state index contributed by atoms with van der Waals surface area (Å²) in [4.78, 5) is 4.32. The van der Waals surface area contributed by atoms with Gasteiger partial charge < -0.3 is 10.1 Å². The number of pyridine rings is 1. The first-order chi connectivity index (χ1) is 7.77. The van der Waals surface area contributed by atoms with Crippen molar-refractivity contribution >= 4 is 32.5 Å². The van der Waals surface area contributed by atoms with Gasteiger partial charge >= 0.3 is 0 Å². The monoisotopic (exact) mass is 280 g/mol. The Kier molecular flexibility index (Phi) is 3.29. The van der Waals surface area contributed by atoms with Crippen molar-refractivity contribution in [2.24, 2.45) is 0 Å². The molecule has 1 aromatic heterocycles. The highest BCUT2D eigenvalue weighted by Crippen LogP contribution is 2.34. The van der Waals surface area contributed by atoms with E-state index in [1.54, 1.807) is 13.3 Å². The molecule has 1 N–H and O–H groups in total. The molecule has 0 aliphatic heterocycles. The zero-order valence-corrected chi connectivity index (χ0v) is 10.8. The van der Waals surface area contributed by atoms with Gasteiger partial charge in [0.05, 0.1) is 11.6 Å². The second-order valence-electron chi connectivity index (χ2n) is 3.37. The highest BCUT2D eigenvalue weighted by Gasteiger charge is 2.08. The van der Waals surface area contributed by atoms with Gasteiger partial charge in [0.1, 0.15) is 11.6 Å². The van der Waals surface area contributed by atoms with Crippen molar-refractivity contribution in [1.82, 2.24) is 4.98 Å². The third-order valence-electron chi connectivity index (χ3n) is 2.41.